The van der Waals surface area contributed by atoms with Crippen molar-refractivity contribution in [2.75, 3.05) is 6.54 Å². The summed E-state index contributed by atoms with van der Waals surface area (Å²) in [7, 11) is 0. The van der Waals surface area contributed by atoms with Crippen molar-refractivity contribution in [2.45, 2.75) is 63.1 Å². The molecule has 3 heterocycles. The highest BCUT2D eigenvalue weighted by atomic mass is 16.5. The van der Waals surface area contributed by atoms with Gasteiger partial charge >= 0.3 is 0 Å². The van der Waals surface area contributed by atoms with E-state index in [2.05, 4.69) is 30.5 Å². The van der Waals surface area contributed by atoms with Crippen LogP contribution in [0, 0.1) is 0 Å². The molecule has 0 aromatic carbocycles. The number of carbonyl (C=O) groups excluding carboxylic acids is 1. The maximum atomic E-state index is 12.0. The van der Waals surface area contributed by atoms with Crippen LogP contribution in [0.5, 0.6) is 0 Å². The van der Waals surface area contributed by atoms with Gasteiger partial charge in [0.05, 0.1) is 12.6 Å². The van der Waals surface area contributed by atoms with E-state index in [1.54, 1.807) is 0 Å². The molecule has 2 saturated carbocycles. The number of likely N-dealkylation sites (tertiary alicyclic amines) is 1. The van der Waals surface area contributed by atoms with Crippen LogP contribution in [0.4, 0.5) is 0 Å². The zero-order valence-electron chi connectivity index (χ0n) is 13.8. The van der Waals surface area contributed by atoms with Crippen LogP contribution in [-0.4, -0.2) is 43.7 Å². The van der Waals surface area contributed by atoms with Gasteiger partial charge in [-0.2, -0.15) is 9.97 Å². The van der Waals surface area contributed by atoms with Crippen LogP contribution in [0.25, 0.3) is 0 Å². The van der Waals surface area contributed by atoms with Gasteiger partial charge < -0.3 is 14.4 Å². The van der Waals surface area contributed by atoms with Crippen LogP contribution >= 0.6 is 0 Å². The number of aromatic nitrogens is 4. The van der Waals surface area contributed by atoms with E-state index in [9.17, 15) is 4.79 Å². The second-order valence-corrected chi connectivity index (χ2v) is 7.15. The number of hydrogen-bond acceptors (Lipinski definition) is 8. The number of hydrogen-bond donors (Lipinski definition) is 1. The smallest absolute Gasteiger partial charge is 0.292 e. The Morgan fingerprint density at radius 3 is 2.80 bits per heavy atom. The highest BCUT2D eigenvalue weighted by molar-refractivity contribution is 5.90. The molecule has 1 N–H and O–H groups in total. The molecule has 0 bridgehead atoms. The second kappa shape index (κ2) is 5.91. The minimum absolute atomic E-state index is 0.00810. The Morgan fingerprint density at radius 2 is 2.00 bits per heavy atom. The first-order valence-corrected chi connectivity index (χ1v) is 8.97. The van der Waals surface area contributed by atoms with Crippen molar-refractivity contribution in [1.29, 1.82) is 0 Å². The number of nitrogens with one attached hydrogen (secondary N) is 1. The fourth-order valence-electron chi connectivity index (χ4n) is 3.25. The highest BCUT2D eigenvalue weighted by Gasteiger charge is 2.34. The summed E-state index contributed by atoms with van der Waals surface area (Å²) in [5.74, 6) is 2.27. The van der Waals surface area contributed by atoms with Crippen molar-refractivity contribution in [3.05, 3.63) is 23.4 Å². The van der Waals surface area contributed by atoms with Gasteiger partial charge in [0.1, 0.15) is 0 Å². The molecular formula is C16H20N6O3. The standard InChI is InChI=1S/C16H20N6O3/c23-15(17-10-5-6-10)14-19-16(25-21-14)11-2-1-7-22(11)8-12-18-13(20-24-12)9-3-4-9/h9-11H,1-8H2,(H,17,23)/t11-/m1/s1. The normalized spacial score (nSPS) is 23.9. The Labute approximate surface area is 144 Å². The summed E-state index contributed by atoms with van der Waals surface area (Å²) in [6.07, 6.45) is 6.30. The quantitative estimate of drug-likeness (QED) is 0.840. The lowest BCUT2D eigenvalue weighted by Crippen LogP contribution is -2.27. The lowest BCUT2D eigenvalue weighted by atomic mass is 10.2. The summed E-state index contributed by atoms with van der Waals surface area (Å²) in [4.78, 5) is 23.0. The van der Waals surface area contributed by atoms with Crippen LogP contribution in [0.3, 0.4) is 0 Å². The van der Waals surface area contributed by atoms with Crippen molar-refractivity contribution < 1.29 is 13.8 Å². The van der Waals surface area contributed by atoms with E-state index in [1.807, 2.05) is 0 Å². The van der Waals surface area contributed by atoms with Crippen molar-refractivity contribution in [3.8, 4) is 0 Å². The van der Waals surface area contributed by atoms with Crippen LogP contribution in [0.1, 0.15) is 78.7 Å². The summed E-state index contributed by atoms with van der Waals surface area (Å²) >= 11 is 0. The second-order valence-electron chi connectivity index (χ2n) is 7.15. The molecule has 0 radical (unpaired) electrons. The molecule has 0 spiro atoms. The van der Waals surface area contributed by atoms with Crippen molar-refractivity contribution >= 4 is 5.91 Å². The van der Waals surface area contributed by atoms with E-state index >= 15 is 0 Å². The Morgan fingerprint density at radius 1 is 1.12 bits per heavy atom. The van der Waals surface area contributed by atoms with Crippen LogP contribution in [0.2, 0.25) is 0 Å². The van der Waals surface area contributed by atoms with Gasteiger partial charge in [0, 0.05) is 12.0 Å². The first-order valence-electron chi connectivity index (χ1n) is 8.97. The van der Waals surface area contributed by atoms with Gasteiger partial charge in [-0.05, 0) is 45.1 Å². The minimum Gasteiger partial charge on any atom is -0.346 e. The first-order chi connectivity index (χ1) is 12.3. The third-order valence-electron chi connectivity index (χ3n) is 4.97. The Balaban J connectivity index is 1.27. The molecule has 2 aromatic rings. The highest BCUT2D eigenvalue weighted by Crippen LogP contribution is 2.38. The summed E-state index contributed by atoms with van der Waals surface area (Å²) in [6.45, 7) is 1.47. The molecule has 25 heavy (non-hydrogen) atoms. The Bertz CT molecular complexity index is 778. The van der Waals surface area contributed by atoms with Gasteiger partial charge in [0.2, 0.25) is 11.8 Å². The molecule has 1 atom stereocenters. The Kier molecular flexibility index (Phi) is 3.54. The maximum absolute atomic E-state index is 12.0. The van der Waals surface area contributed by atoms with Crippen molar-refractivity contribution in [2.24, 2.45) is 0 Å². The molecule has 9 heteroatoms. The van der Waals surface area contributed by atoms with Gasteiger partial charge in [-0.15, -0.1) is 0 Å². The summed E-state index contributed by atoms with van der Waals surface area (Å²) in [5, 5.41) is 10.8. The van der Waals surface area contributed by atoms with E-state index in [0.717, 1.165) is 50.9 Å². The molecule has 2 aliphatic carbocycles. The predicted octanol–water partition coefficient (Wildman–Crippen LogP) is 1.56. The van der Waals surface area contributed by atoms with Crippen LogP contribution < -0.4 is 5.32 Å². The zero-order chi connectivity index (χ0) is 16.8. The van der Waals surface area contributed by atoms with E-state index in [4.69, 9.17) is 9.05 Å². The van der Waals surface area contributed by atoms with Crippen LogP contribution in [-0.2, 0) is 6.54 Å². The zero-order valence-corrected chi connectivity index (χ0v) is 13.8. The average Bonchev–Trinajstić information content (AvgIpc) is 3.46. The van der Waals surface area contributed by atoms with E-state index in [0.29, 0.717) is 24.2 Å². The van der Waals surface area contributed by atoms with Crippen molar-refractivity contribution in [1.82, 2.24) is 30.5 Å². The largest absolute Gasteiger partial charge is 0.346 e. The molecule has 5 rings (SSSR count). The fourth-order valence-corrected chi connectivity index (χ4v) is 3.25. The number of rotatable bonds is 6. The molecule has 1 saturated heterocycles. The minimum atomic E-state index is -0.256. The van der Waals surface area contributed by atoms with E-state index in [1.165, 1.54) is 0 Å². The van der Waals surface area contributed by atoms with Crippen LogP contribution in [0.15, 0.2) is 9.05 Å². The monoisotopic (exact) mass is 344 g/mol. The first kappa shape index (κ1) is 15.0. The molecule has 1 aliphatic heterocycles. The van der Waals surface area contributed by atoms with Gasteiger partial charge in [-0.1, -0.05) is 10.3 Å². The summed E-state index contributed by atoms with van der Waals surface area (Å²) < 4.78 is 10.7. The summed E-state index contributed by atoms with van der Waals surface area (Å²) in [6, 6.07) is 0.266. The summed E-state index contributed by atoms with van der Waals surface area (Å²) in [5.41, 5.74) is 0. The molecule has 3 aliphatic rings. The van der Waals surface area contributed by atoms with Gasteiger partial charge in [-0.3, -0.25) is 9.69 Å². The average molecular weight is 344 g/mol. The molecular weight excluding hydrogens is 324 g/mol. The SMILES string of the molecule is O=C(NC1CC1)c1noc([C@H]2CCCN2Cc2nc(C3CC3)no2)n1. The number of nitrogens with zero attached hydrogens (tertiary/aromatic N) is 5. The molecule has 3 fully saturated rings. The molecule has 1 amide bonds. The lowest BCUT2D eigenvalue weighted by Gasteiger charge is -2.18. The van der Waals surface area contributed by atoms with Gasteiger partial charge in [-0.25, -0.2) is 0 Å². The fraction of sp³-hybridized carbons (Fsp3) is 0.688. The third kappa shape index (κ3) is 3.15. The number of carbonyl (C=O) groups is 1. The third-order valence-corrected chi connectivity index (χ3v) is 4.97. The van der Waals surface area contributed by atoms with Crippen molar-refractivity contribution in [3.63, 3.8) is 0 Å². The predicted molar refractivity (Wildman–Crippen MR) is 83.4 cm³/mol. The maximum Gasteiger partial charge on any atom is 0.292 e. The van der Waals surface area contributed by atoms with E-state index in [-0.39, 0.29) is 23.8 Å². The molecule has 0 unspecified atom stereocenters. The topological polar surface area (TPSA) is 110 Å². The van der Waals surface area contributed by atoms with Gasteiger partial charge in [0.15, 0.2) is 5.82 Å². The Hall–Kier alpha value is -2.29. The molecule has 2 aromatic heterocycles. The van der Waals surface area contributed by atoms with Gasteiger partial charge in [0.25, 0.3) is 11.7 Å². The van der Waals surface area contributed by atoms with E-state index < -0.39 is 0 Å². The molecule has 132 valence electrons. The number of amides is 1. The lowest BCUT2D eigenvalue weighted by molar-refractivity contribution is 0.0937. The molecule has 9 nitrogen and oxygen atoms in total.